The summed E-state index contributed by atoms with van der Waals surface area (Å²) in [6.07, 6.45) is 2.02. The molecule has 0 radical (unpaired) electrons. The first kappa shape index (κ1) is 19.4. The van der Waals surface area contributed by atoms with Gasteiger partial charge in [-0.05, 0) is 36.4 Å². The van der Waals surface area contributed by atoms with E-state index in [-0.39, 0.29) is 5.56 Å². The summed E-state index contributed by atoms with van der Waals surface area (Å²) in [5, 5.41) is 4.79. The lowest BCUT2D eigenvalue weighted by Gasteiger charge is -2.09. The first-order chi connectivity index (χ1) is 12.9. The highest BCUT2D eigenvalue weighted by atomic mass is 79.9. The van der Waals surface area contributed by atoms with Gasteiger partial charge in [0.25, 0.3) is 5.56 Å². The van der Waals surface area contributed by atoms with Crippen molar-refractivity contribution in [2.75, 3.05) is 0 Å². The molecular formula is C19H15Br2N3O3. The zero-order chi connectivity index (χ0) is 19.6. The third-order valence-corrected chi connectivity index (χ3v) is 4.72. The molecule has 0 unspecified atom stereocenters. The summed E-state index contributed by atoms with van der Waals surface area (Å²) < 4.78 is 8.06. The van der Waals surface area contributed by atoms with Crippen LogP contribution < -0.4 is 10.3 Å². The zero-order valence-corrected chi connectivity index (χ0v) is 17.7. The van der Waals surface area contributed by atoms with E-state index < -0.39 is 5.97 Å². The SMILES string of the molecule is CCc1nc2ccc(Br)cc2c(=O)n1N=Cc1cc(Br)ccc1OC(C)=O. The molecule has 0 fully saturated rings. The van der Waals surface area contributed by atoms with Crippen molar-refractivity contribution in [1.29, 1.82) is 0 Å². The van der Waals surface area contributed by atoms with Gasteiger partial charge in [-0.25, -0.2) is 4.98 Å². The highest BCUT2D eigenvalue weighted by molar-refractivity contribution is 9.10. The van der Waals surface area contributed by atoms with E-state index in [1.807, 2.05) is 13.0 Å². The number of rotatable bonds is 4. The number of aromatic nitrogens is 2. The number of esters is 1. The number of nitrogens with zero attached hydrogens (tertiary/aromatic N) is 3. The van der Waals surface area contributed by atoms with Crippen LogP contribution in [0.25, 0.3) is 10.9 Å². The van der Waals surface area contributed by atoms with Crippen molar-refractivity contribution in [3.63, 3.8) is 0 Å². The number of aryl methyl sites for hydroxylation is 1. The van der Waals surface area contributed by atoms with Gasteiger partial charge < -0.3 is 4.74 Å². The Kier molecular flexibility index (Phi) is 5.86. The first-order valence-corrected chi connectivity index (χ1v) is 9.71. The van der Waals surface area contributed by atoms with Crippen LogP contribution in [-0.4, -0.2) is 21.8 Å². The second-order valence-electron chi connectivity index (χ2n) is 5.68. The molecule has 0 amide bonds. The standard InChI is InChI=1S/C19H15Br2N3O3/c1-3-18-23-16-6-4-14(21)9-15(16)19(26)24(18)22-10-12-8-13(20)5-7-17(12)27-11(2)25/h4-10H,3H2,1-2H3. The Labute approximate surface area is 172 Å². The van der Waals surface area contributed by atoms with Gasteiger partial charge in [-0.3, -0.25) is 9.59 Å². The molecular weight excluding hydrogens is 478 g/mol. The predicted molar refractivity (Wildman–Crippen MR) is 112 cm³/mol. The topological polar surface area (TPSA) is 73.6 Å². The number of ether oxygens (including phenoxy) is 1. The van der Waals surface area contributed by atoms with Crippen LogP contribution in [0.15, 0.2) is 55.2 Å². The lowest BCUT2D eigenvalue weighted by atomic mass is 10.2. The molecule has 8 heteroatoms. The van der Waals surface area contributed by atoms with E-state index in [0.717, 1.165) is 8.95 Å². The molecule has 3 rings (SSSR count). The summed E-state index contributed by atoms with van der Waals surface area (Å²) in [6, 6.07) is 10.5. The zero-order valence-electron chi connectivity index (χ0n) is 14.6. The minimum absolute atomic E-state index is 0.265. The van der Waals surface area contributed by atoms with E-state index in [0.29, 0.717) is 34.5 Å². The summed E-state index contributed by atoms with van der Waals surface area (Å²) in [4.78, 5) is 28.7. The molecule has 2 aromatic carbocycles. The predicted octanol–water partition coefficient (Wildman–Crippen LogP) is 4.29. The Bertz CT molecular complexity index is 1120. The van der Waals surface area contributed by atoms with E-state index >= 15 is 0 Å². The van der Waals surface area contributed by atoms with Gasteiger partial charge in [-0.15, -0.1) is 0 Å². The summed E-state index contributed by atoms with van der Waals surface area (Å²) in [5.41, 5.74) is 0.913. The fourth-order valence-corrected chi connectivity index (χ4v) is 3.27. The van der Waals surface area contributed by atoms with Crippen LogP contribution in [0.2, 0.25) is 0 Å². The minimum atomic E-state index is -0.435. The van der Waals surface area contributed by atoms with Crippen LogP contribution in [0.1, 0.15) is 25.2 Å². The molecule has 3 aromatic rings. The maximum absolute atomic E-state index is 12.9. The Morgan fingerprint density at radius 2 is 1.93 bits per heavy atom. The van der Waals surface area contributed by atoms with Gasteiger partial charge in [0.05, 0.1) is 17.1 Å². The first-order valence-electron chi connectivity index (χ1n) is 8.12. The molecule has 1 aromatic heterocycles. The summed E-state index contributed by atoms with van der Waals surface area (Å²) >= 11 is 6.76. The van der Waals surface area contributed by atoms with Gasteiger partial charge in [-0.1, -0.05) is 38.8 Å². The van der Waals surface area contributed by atoms with Gasteiger partial charge in [0.15, 0.2) is 0 Å². The van der Waals surface area contributed by atoms with Crippen molar-refractivity contribution in [3.05, 3.63) is 67.1 Å². The second-order valence-corrected chi connectivity index (χ2v) is 7.51. The molecule has 0 aliphatic heterocycles. The Morgan fingerprint density at radius 3 is 2.63 bits per heavy atom. The van der Waals surface area contributed by atoms with Crippen molar-refractivity contribution < 1.29 is 9.53 Å². The van der Waals surface area contributed by atoms with Crippen LogP contribution in [0, 0.1) is 0 Å². The molecule has 0 saturated heterocycles. The van der Waals surface area contributed by atoms with E-state index in [4.69, 9.17) is 4.74 Å². The average molecular weight is 493 g/mol. The Hall–Kier alpha value is -2.32. The largest absolute Gasteiger partial charge is 0.426 e. The number of fused-ring (bicyclic) bond motifs is 1. The highest BCUT2D eigenvalue weighted by Gasteiger charge is 2.11. The van der Waals surface area contributed by atoms with Crippen molar-refractivity contribution in [1.82, 2.24) is 9.66 Å². The smallest absolute Gasteiger partial charge is 0.308 e. The summed E-state index contributed by atoms with van der Waals surface area (Å²) in [7, 11) is 0. The second kappa shape index (κ2) is 8.14. The molecule has 0 atom stereocenters. The van der Waals surface area contributed by atoms with Gasteiger partial charge in [0.2, 0.25) is 0 Å². The van der Waals surface area contributed by atoms with E-state index in [1.54, 1.807) is 30.3 Å². The highest BCUT2D eigenvalue weighted by Crippen LogP contribution is 2.22. The Balaban J connectivity index is 2.14. The summed E-state index contributed by atoms with van der Waals surface area (Å²) in [5.74, 6) is 0.461. The normalized spacial score (nSPS) is 11.3. The van der Waals surface area contributed by atoms with Crippen LogP contribution in [0.3, 0.4) is 0 Å². The van der Waals surface area contributed by atoms with Crippen molar-refractivity contribution >= 4 is 54.9 Å². The van der Waals surface area contributed by atoms with Crippen molar-refractivity contribution in [2.24, 2.45) is 5.10 Å². The van der Waals surface area contributed by atoms with Gasteiger partial charge >= 0.3 is 5.97 Å². The average Bonchev–Trinajstić information content (AvgIpc) is 2.63. The third-order valence-electron chi connectivity index (χ3n) is 3.73. The molecule has 138 valence electrons. The third kappa shape index (κ3) is 4.33. The number of benzene rings is 2. The number of carbonyl (C=O) groups excluding carboxylic acids is 1. The van der Waals surface area contributed by atoms with Gasteiger partial charge in [-0.2, -0.15) is 9.78 Å². The molecule has 0 aliphatic carbocycles. The fraction of sp³-hybridized carbons (Fsp3) is 0.158. The maximum atomic E-state index is 12.9. The summed E-state index contributed by atoms with van der Waals surface area (Å²) in [6.45, 7) is 3.23. The van der Waals surface area contributed by atoms with Crippen LogP contribution in [0.4, 0.5) is 0 Å². The molecule has 0 spiro atoms. The number of hydrogen-bond acceptors (Lipinski definition) is 5. The van der Waals surface area contributed by atoms with Crippen molar-refractivity contribution in [2.45, 2.75) is 20.3 Å². The molecule has 0 N–H and O–H groups in total. The quantitative estimate of drug-likeness (QED) is 0.309. The fourth-order valence-electron chi connectivity index (χ4n) is 2.53. The number of hydrogen-bond donors (Lipinski definition) is 0. The molecule has 27 heavy (non-hydrogen) atoms. The molecule has 1 heterocycles. The monoisotopic (exact) mass is 491 g/mol. The Morgan fingerprint density at radius 1 is 1.22 bits per heavy atom. The minimum Gasteiger partial charge on any atom is -0.426 e. The van der Waals surface area contributed by atoms with Gasteiger partial charge in [0, 0.05) is 27.9 Å². The van der Waals surface area contributed by atoms with Crippen LogP contribution >= 0.6 is 31.9 Å². The van der Waals surface area contributed by atoms with E-state index in [2.05, 4.69) is 41.9 Å². The van der Waals surface area contributed by atoms with E-state index in [1.165, 1.54) is 17.8 Å². The van der Waals surface area contributed by atoms with E-state index in [9.17, 15) is 9.59 Å². The lowest BCUT2D eigenvalue weighted by molar-refractivity contribution is -0.131. The molecule has 0 bridgehead atoms. The molecule has 6 nitrogen and oxygen atoms in total. The lowest BCUT2D eigenvalue weighted by Crippen LogP contribution is -2.22. The van der Waals surface area contributed by atoms with Crippen LogP contribution in [0.5, 0.6) is 5.75 Å². The molecule has 0 aliphatic rings. The number of carbonyl (C=O) groups is 1. The maximum Gasteiger partial charge on any atom is 0.308 e. The number of halogens is 2. The van der Waals surface area contributed by atoms with Crippen LogP contribution in [-0.2, 0) is 11.2 Å². The molecule has 0 saturated carbocycles. The van der Waals surface area contributed by atoms with Gasteiger partial charge in [0.1, 0.15) is 11.6 Å². The van der Waals surface area contributed by atoms with Crippen molar-refractivity contribution in [3.8, 4) is 5.75 Å².